The molecule has 1 unspecified atom stereocenters. The van der Waals surface area contributed by atoms with E-state index < -0.39 is 12.0 Å². The minimum atomic E-state index is -0.653. The Hall–Kier alpha value is -2.45. The number of hydrogen-bond acceptors (Lipinski definition) is 6. The molecule has 0 aliphatic carbocycles. The number of thiazole rings is 1. The molecule has 2 aromatic rings. The molecule has 25 heavy (non-hydrogen) atoms. The Labute approximate surface area is 149 Å². The number of nitrogens with zero attached hydrogens (tertiary/aromatic N) is 2. The highest BCUT2D eigenvalue weighted by Gasteiger charge is 2.33. The van der Waals surface area contributed by atoms with Gasteiger partial charge in [0, 0.05) is 10.9 Å². The molecule has 7 nitrogen and oxygen atoms in total. The molecule has 1 atom stereocenters. The Bertz CT molecular complexity index is 805. The lowest BCUT2D eigenvalue weighted by Crippen LogP contribution is -2.49. The second-order valence-electron chi connectivity index (χ2n) is 5.81. The maximum absolute atomic E-state index is 12.4. The zero-order valence-electron chi connectivity index (χ0n) is 14.1. The van der Waals surface area contributed by atoms with Gasteiger partial charge in [0.2, 0.25) is 0 Å². The lowest BCUT2D eigenvalue weighted by Gasteiger charge is -2.32. The number of ether oxygens (including phenoxy) is 1. The number of anilines is 1. The third-order valence-electron chi connectivity index (χ3n) is 3.94. The third kappa shape index (κ3) is 3.49. The number of carbonyl (C=O) groups excluding carboxylic acids is 2. The van der Waals surface area contributed by atoms with Gasteiger partial charge in [-0.25, -0.2) is 10.8 Å². The molecular weight excluding hydrogens is 340 g/mol. The molecule has 1 aliphatic rings. The monoisotopic (exact) mass is 360 g/mol. The van der Waals surface area contributed by atoms with Crippen LogP contribution in [0.4, 0.5) is 5.69 Å². The summed E-state index contributed by atoms with van der Waals surface area (Å²) in [6.07, 6.45) is 1.33. The summed E-state index contributed by atoms with van der Waals surface area (Å²) in [6, 6.07) is 5.54. The zero-order chi connectivity index (χ0) is 18.0. The average molecular weight is 360 g/mol. The van der Waals surface area contributed by atoms with Gasteiger partial charge in [0.1, 0.15) is 12.3 Å². The van der Waals surface area contributed by atoms with E-state index in [0.29, 0.717) is 11.4 Å². The van der Waals surface area contributed by atoms with E-state index in [1.54, 1.807) is 24.3 Å². The van der Waals surface area contributed by atoms with E-state index in [4.69, 9.17) is 10.6 Å². The molecule has 0 saturated carbocycles. The molecule has 0 bridgehead atoms. The van der Waals surface area contributed by atoms with Crippen LogP contribution in [-0.2, 0) is 16.0 Å². The predicted molar refractivity (Wildman–Crippen MR) is 96.3 cm³/mol. The molecular formula is C17H20N4O3S. The summed E-state index contributed by atoms with van der Waals surface area (Å²) >= 11 is 1.62. The van der Waals surface area contributed by atoms with Crippen molar-refractivity contribution >= 4 is 28.8 Å². The van der Waals surface area contributed by atoms with Gasteiger partial charge in [-0.3, -0.25) is 19.9 Å². The van der Waals surface area contributed by atoms with Gasteiger partial charge in [-0.1, -0.05) is 6.92 Å². The maximum atomic E-state index is 12.4. The van der Waals surface area contributed by atoms with Gasteiger partial charge < -0.3 is 4.74 Å². The van der Waals surface area contributed by atoms with E-state index >= 15 is 0 Å². The van der Waals surface area contributed by atoms with Crippen LogP contribution in [0.15, 0.2) is 23.6 Å². The van der Waals surface area contributed by atoms with Crippen LogP contribution >= 0.6 is 11.3 Å². The van der Waals surface area contributed by atoms with E-state index in [9.17, 15) is 9.59 Å². The number of amides is 2. The molecule has 1 aromatic carbocycles. The summed E-state index contributed by atoms with van der Waals surface area (Å²) in [5.41, 5.74) is 4.34. The van der Waals surface area contributed by atoms with Crippen molar-refractivity contribution in [3.8, 4) is 17.0 Å². The number of nitrogens with two attached hydrogens (primary N) is 1. The number of hydrazine groups is 1. The standard InChI is InChI=1S/C17H20N4O3S/c1-3-4-16-19-12(9-25-16)11-5-6-14-13(7-11)21(8-15(22)20-18)17(23)10(2)24-14/h5-7,9-10H,3-4,8,18H2,1-2H3,(H,20,22). The number of benzene rings is 1. The number of aryl methyl sites for hydroxylation is 1. The number of aromatic nitrogens is 1. The number of hydrogen-bond donors (Lipinski definition) is 2. The first-order valence-electron chi connectivity index (χ1n) is 8.09. The Morgan fingerprint density at radius 1 is 1.48 bits per heavy atom. The molecule has 2 heterocycles. The molecule has 8 heteroatoms. The van der Waals surface area contributed by atoms with Gasteiger partial charge in [-0.15, -0.1) is 11.3 Å². The highest BCUT2D eigenvalue weighted by molar-refractivity contribution is 7.09. The fraction of sp³-hybridized carbons (Fsp3) is 0.353. The van der Waals surface area contributed by atoms with Crippen molar-refractivity contribution in [3.05, 3.63) is 28.6 Å². The molecule has 0 fully saturated rings. The van der Waals surface area contributed by atoms with Crippen LogP contribution in [0, 0.1) is 0 Å². The van der Waals surface area contributed by atoms with E-state index in [2.05, 4.69) is 17.3 Å². The van der Waals surface area contributed by atoms with Gasteiger partial charge >= 0.3 is 0 Å². The topological polar surface area (TPSA) is 97.5 Å². The van der Waals surface area contributed by atoms with Gasteiger partial charge in [-0.05, 0) is 38.0 Å². The van der Waals surface area contributed by atoms with E-state index in [1.807, 2.05) is 17.5 Å². The fourth-order valence-electron chi connectivity index (χ4n) is 2.69. The summed E-state index contributed by atoms with van der Waals surface area (Å²) in [4.78, 5) is 30.2. The van der Waals surface area contributed by atoms with Crippen molar-refractivity contribution in [1.82, 2.24) is 10.4 Å². The smallest absolute Gasteiger partial charge is 0.268 e. The Balaban J connectivity index is 1.98. The first kappa shape index (κ1) is 17.4. The number of carbonyl (C=O) groups is 2. The molecule has 2 amide bonds. The van der Waals surface area contributed by atoms with Crippen LogP contribution in [0.5, 0.6) is 5.75 Å². The molecule has 3 rings (SSSR count). The maximum Gasteiger partial charge on any atom is 0.268 e. The van der Waals surface area contributed by atoms with Crippen molar-refractivity contribution in [3.63, 3.8) is 0 Å². The minimum absolute atomic E-state index is 0.155. The van der Waals surface area contributed by atoms with Crippen LogP contribution in [0.3, 0.4) is 0 Å². The lowest BCUT2D eigenvalue weighted by molar-refractivity contribution is -0.128. The van der Waals surface area contributed by atoms with Gasteiger partial charge in [0.25, 0.3) is 11.8 Å². The first-order chi connectivity index (χ1) is 12.0. The van der Waals surface area contributed by atoms with Crippen LogP contribution < -0.4 is 20.9 Å². The number of rotatable bonds is 5. The normalized spacial score (nSPS) is 16.4. The summed E-state index contributed by atoms with van der Waals surface area (Å²) in [5.74, 6) is 5.00. The lowest BCUT2D eigenvalue weighted by atomic mass is 10.1. The van der Waals surface area contributed by atoms with Crippen LogP contribution in [-0.4, -0.2) is 29.4 Å². The highest BCUT2D eigenvalue weighted by Crippen LogP contribution is 2.37. The van der Waals surface area contributed by atoms with Gasteiger partial charge in [0.05, 0.1) is 16.4 Å². The molecule has 1 aromatic heterocycles. The molecule has 0 saturated heterocycles. The molecule has 3 N–H and O–H groups in total. The number of nitrogens with one attached hydrogen (secondary N) is 1. The SMILES string of the molecule is CCCc1nc(-c2ccc3c(c2)N(CC(=O)NN)C(=O)C(C)O3)cs1. The predicted octanol–water partition coefficient (Wildman–Crippen LogP) is 1.87. The van der Waals surface area contributed by atoms with E-state index in [0.717, 1.165) is 29.1 Å². The third-order valence-corrected chi connectivity index (χ3v) is 4.85. The Morgan fingerprint density at radius 3 is 3.00 bits per heavy atom. The quantitative estimate of drug-likeness (QED) is 0.482. The van der Waals surface area contributed by atoms with Crippen molar-refractivity contribution in [2.45, 2.75) is 32.8 Å². The zero-order valence-corrected chi connectivity index (χ0v) is 14.9. The molecule has 1 aliphatic heterocycles. The minimum Gasteiger partial charge on any atom is -0.479 e. The van der Waals surface area contributed by atoms with E-state index in [-0.39, 0.29) is 12.5 Å². The van der Waals surface area contributed by atoms with Crippen molar-refractivity contribution in [1.29, 1.82) is 0 Å². The Kier molecular flexibility index (Phi) is 5.00. The van der Waals surface area contributed by atoms with Crippen LogP contribution in [0.2, 0.25) is 0 Å². The first-order valence-corrected chi connectivity index (χ1v) is 8.97. The second-order valence-corrected chi connectivity index (χ2v) is 6.75. The summed E-state index contributed by atoms with van der Waals surface area (Å²) < 4.78 is 5.65. The summed E-state index contributed by atoms with van der Waals surface area (Å²) in [6.45, 7) is 3.62. The summed E-state index contributed by atoms with van der Waals surface area (Å²) in [5, 5.41) is 3.08. The Morgan fingerprint density at radius 2 is 2.28 bits per heavy atom. The van der Waals surface area contributed by atoms with Gasteiger partial charge in [-0.2, -0.15) is 0 Å². The van der Waals surface area contributed by atoms with Crippen molar-refractivity contribution in [2.24, 2.45) is 5.84 Å². The average Bonchev–Trinajstić information content (AvgIpc) is 3.07. The molecule has 132 valence electrons. The van der Waals surface area contributed by atoms with Crippen molar-refractivity contribution in [2.75, 3.05) is 11.4 Å². The van der Waals surface area contributed by atoms with Crippen LogP contribution in [0.1, 0.15) is 25.3 Å². The highest BCUT2D eigenvalue weighted by atomic mass is 32.1. The number of fused-ring (bicyclic) bond motifs is 1. The second kappa shape index (κ2) is 7.20. The van der Waals surface area contributed by atoms with Crippen molar-refractivity contribution < 1.29 is 14.3 Å². The fourth-order valence-corrected chi connectivity index (χ4v) is 3.60. The molecule has 0 radical (unpaired) electrons. The summed E-state index contributed by atoms with van der Waals surface area (Å²) in [7, 11) is 0. The van der Waals surface area contributed by atoms with Crippen LogP contribution in [0.25, 0.3) is 11.3 Å². The van der Waals surface area contributed by atoms with E-state index in [1.165, 1.54) is 4.90 Å². The largest absolute Gasteiger partial charge is 0.479 e. The van der Waals surface area contributed by atoms with Gasteiger partial charge in [0.15, 0.2) is 6.10 Å². The molecule has 0 spiro atoms.